The monoisotopic (exact) mass is 398 g/mol. The second-order valence-electron chi connectivity index (χ2n) is 5.38. The third-order valence-electron chi connectivity index (χ3n) is 3.59. The Morgan fingerprint density at radius 3 is 2.77 bits per heavy atom. The highest BCUT2D eigenvalue weighted by Crippen LogP contribution is 2.36. The van der Waals surface area contributed by atoms with Crippen LogP contribution in [0.5, 0.6) is 5.75 Å². The highest BCUT2D eigenvalue weighted by atomic mass is 35.5. The van der Waals surface area contributed by atoms with E-state index < -0.39 is 11.6 Å². The molecule has 0 spiro atoms. The summed E-state index contributed by atoms with van der Waals surface area (Å²) in [5.41, 5.74) is 6.05. The van der Waals surface area contributed by atoms with E-state index in [1.54, 1.807) is 13.0 Å². The quantitative estimate of drug-likeness (QED) is 0.546. The zero-order valence-electron chi connectivity index (χ0n) is 14.2. The van der Waals surface area contributed by atoms with Crippen molar-refractivity contribution in [1.82, 2.24) is 4.98 Å². The second-order valence-corrected chi connectivity index (χ2v) is 6.16. The lowest BCUT2D eigenvalue weighted by molar-refractivity contribution is 0.0655. The predicted octanol–water partition coefficient (Wildman–Crippen LogP) is 4.56. The average Bonchev–Trinajstić information content (AvgIpc) is 2.62. The van der Waals surface area contributed by atoms with Gasteiger partial charge in [-0.15, -0.1) is 6.58 Å². The number of nitrogen functional groups attached to an aromatic ring is 1. The molecule has 138 valence electrons. The summed E-state index contributed by atoms with van der Waals surface area (Å²) < 4.78 is 24.9. The number of methoxy groups -OCH3 is 1. The van der Waals surface area contributed by atoms with Gasteiger partial charge in [0.2, 0.25) is 5.78 Å². The van der Waals surface area contributed by atoms with E-state index in [0.29, 0.717) is 0 Å². The fourth-order valence-electron chi connectivity index (χ4n) is 2.13. The number of rotatable bonds is 7. The van der Waals surface area contributed by atoms with Crippen LogP contribution in [0.25, 0.3) is 11.3 Å². The molecule has 0 saturated heterocycles. The van der Waals surface area contributed by atoms with E-state index in [1.165, 1.54) is 25.3 Å². The van der Waals surface area contributed by atoms with Gasteiger partial charge in [-0.3, -0.25) is 4.79 Å². The largest absolute Gasteiger partial charge is 0.492 e. The van der Waals surface area contributed by atoms with Crippen molar-refractivity contribution >= 4 is 34.7 Å². The Morgan fingerprint density at radius 2 is 2.15 bits per heavy atom. The summed E-state index contributed by atoms with van der Waals surface area (Å²) in [6.07, 6.45) is 1.22. The van der Waals surface area contributed by atoms with Crippen molar-refractivity contribution in [3.05, 3.63) is 52.4 Å². The highest BCUT2D eigenvalue weighted by molar-refractivity contribution is 6.36. The number of benzene rings is 1. The molecule has 8 heteroatoms. The van der Waals surface area contributed by atoms with Crippen LogP contribution in [0.15, 0.2) is 30.9 Å². The molecule has 0 aliphatic heterocycles. The number of ether oxygens (including phenoxy) is 2. The molecule has 26 heavy (non-hydrogen) atoms. The maximum absolute atomic E-state index is 14.6. The van der Waals surface area contributed by atoms with Gasteiger partial charge < -0.3 is 15.2 Å². The van der Waals surface area contributed by atoms with Gasteiger partial charge in [-0.2, -0.15) is 0 Å². The minimum Gasteiger partial charge on any atom is -0.492 e. The van der Waals surface area contributed by atoms with Gasteiger partial charge in [-0.05, 0) is 25.1 Å². The zero-order valence-corrected chi connectivity index (χ0v) is 15.7. The van der Waals surface area contributed by atoms with Crippen molar-refractivity contribution in [2.75, 3.05) is 19.5 Å². The first-order valence-electron chi connectivity index (χ1n) is 7.55. The van der Waals surface area contributed by atoms with Gasteiger partial charge in [0.1, 0.15) is 12.3 Å². The molecule has 1 unspecified atom stereocenters. The number of carbonyl (C=O) groups is 1. The number of anilines is 1. The Kier molecular flexibility index (Phi) is 6.58. The van der Waals surface area contributed by atoms with Crippen molar-refractivity contribution in [2.45, 2.75) is 13.0 Å². The Bertz CT molecular complexity index is 859. The van der Waals surface area contributed by atoms with Gasteiger partial charge in [0.25, 0.3) is 0 Å². The summed E-state index contributed by atoms with van der Waals surface area (Å²) in [4.78, 5) is 16.5. The van der Waals surface area contributed by atoms with Crippen molar-refractivity contribution < 1.29 is 18.7 Å². The molecule has 5 nitrogen and oxygen atoms in total. The topological polar surface area (TPSA) is 74.4 Å². The molecule has 1 heterocycles. The minimum absolute atomic E-state index is 0.0186. The van der Waals surface area contributed by atoms with E-state index in [4.69, 9.17) is 38.4 Å². The molecule has 1 aromatic carbocycles. The highest BCUT2D eigenvalue weighted by Gasteiger charge is 2.21. The van der Waals surface area contributed by atoms with Crippen LogP contribution < -0.4 is 10.5 Å². The summed E-state index contributed by atoms with van der Waals surface area (Å²) in [6.45, 7) is 5.03. The number of aromatic nitrogens is 1. The Morgan fingerprint density at radius 1 is 1.46 bits per heavy atom. The number of carbonyl (C=O) groups excluding carboxylic acids is 1. The summed E-state index contributed by atoms with van der Waals surface area (Å²) in [7, 11) is 1.30. The molecule has 0 radical (unpaired) electrons. The predicted molar refractivity (Wildman–Crippen MR) is 101 cm³/mol. The molecule has 1 atom stereocenters. The van der Waals surface area contributed by atoms with E-state index in [-0.39, 0.29) is 51.1 Å². The van der Waals surface area contributed by atoms with Gasteiger partial charge in [0, 0.05) is 5.56 Å². The van der Waals surface area contributed by atoms with Crippen molar-refractivity contribution in [1.29, 1.82) is 0 Å². The smallest absolute Gasteiger partial charge is 0.208 e. The van der Waals surface area contributed by atoms with Crippen molar-refractivity contribution in [3.63, 3.8) is 0 Å². The van der Waals surface area contributed by atoms with E-state index in [0.717, 1.165) is 0 Å². The number of nitrogens with zero attached hydrogens (tertiary/aromatic N) is 1. The van der Waals surface area contributed by atoms with Gasteiger partial charge >= 0.3 is 0 Å². The molecule has 0 amide bonds. The van der Waals surface area contributed by atoms with Crippen molar-refractivity contribution in [2.24, 2.45) is 0 Å². The van der Waals surface area contributed by atoms with Gasteiger partial charge in [0.15, 0.2) is 11.6 Å². The van der Waals surface area contributed by atoms with Gasteiger partial charge in [-0.25, -0.2) is 9.37 Å². The van der Waals surface area contributed by atoms with E-state index in [2.05, 4.69) is 11.6 Å². The number of hydrogen-bond donors (Lipinski definition) is 1. The van der Waals surface area contributed by atoms with Crippen LogP contribution in [0.2, 0.25) is 10.0 Å². The summed E-state index contributed by atoms with van der Waals surface area (Å²) in [5.74, 6) is -1.33. The average molecular weight is 399 g/mol. The number of nitrogens with two attached hydrogens (primary N) is 1. The van der Waals surface area contributed by atoms with Crippen LogP contribution in [0, 0.1) is 5.82 Å². The third-order valence-corrected chi connectivity index (χ3v) is 4.28. The third kappa shape index (κ3) is 4.15. The zero-order chi connectivity index (χ0) is 19.4. The number of hydrogen-bond acceptors (Lipinski definition) is 5. The van der Waals surface area contributed by atoms with Gasteiger partial charge in [0.05, 0.1) is 34.6 Å². The van der Waals surface area contributed by atoms with Crippen molar-refractivity contribution in [3.8, 4) is 17.0 Å². The molecular formula is C18H17Cl2FN2O3. The number of ketones is 1. The number of halogens is 3. The Balaban J connectivity index is 2.48. The molecule has 0 aliphatic carbocycles. The maximum atomic E-state index is 14.6. The first-order valence-corrected chi connectivity index (χ1v) is 8.31. The lowest BCUT2D eigenvalue weighted by Crippen LogP contribution is -2.16. The molecule has 0 saturated carbocycles. The van der Waals surface area contributed by atoms with Crippen LogP contribution in [-0.2, 0) is 4.74 Å². The molecule has 0 bridgehead atoms. The molecular weight excluding hydrogens is 382 g/mol. The first kappa shape index (κ1) is 20.2. The lowest BCUT2D eigenvalue weighted by atomic mass is 10.1. The van der Waals surface area contributed by atoms with E-state index in [1.807, 2.05) is 0 Å². The first-order chi connectivity index (χ1) is 12.3. The molecule has 2 rings (SSSR count). The molecule has 2 aromatic rings. The molecule has 0 aliphatic rings. The summed E-state index contributed by atoms with van der Waals surface area (Å²) >= 11 is 12.0. The van der Waals surface area contributed by atoms with Crippen LogP contribution in [0.1, 0.15) is 17.4 Å². The summed E-state index contributed by atoms with van der Waals surface area (Å²) in [6, 6.07) is 4.25. The fraction of sp³-hybridized carbons (Fsp3) is 0.222. The van der Waals surface area contributed by atoms with Crippen LogP contribution >= 0.6 is 23.2 Å². The number of pyridine rings is 1. The minimum atomic E-state index is -0.718. The second kappa shape index (κ2) is 8.49. The van der Waals surface area contributed by atoms with Gasteiger partial charge in [-0.1, -0.05) is 29.3 Å². The lowest BCUT2D eigenvalue weighted by Gasteiger charge is -2.13. The maximum Gasteiger partial charge on any atom is 0.208 e. The molecule has 2 N–H and O–H groups in total. The van der Waals surface area contributed by atoms with Crippen LogP contribution in [0.3, 0.4) is 0 Å². The van der Waals surface area contributed by atoms with Crippen LogP contribution in [0.4, 0.5) is 10.1 Å². The Hall–Kier alpha value is -2.15. The summed E-state index contributed by atoms with van der Waals surface area (Å²) in [5, 5.41) is 0.0914. The number of Topliss-reactive ketones (excluding diaryl/α,β-unsaturated/α-hetero) is 1. The standard InChI is InChI=1S/C18H17Cl2FN2O3/c1-4-9(2)26-8-14(24)17-15(20)12(22)7-13(23-17)10-5-6-11(19)18(25-3)16(10)21/h4-7,9H,1,8H2,2-3H3,(H2,22,23). The molecule has 0 fully saturated rings. The fourth-order valence-corrected chi connectivity index (χ4v) is 2.56. The molecule has 1 aromatic heterocycles. The van der Waals surface area contributed by atoms with Crippen LogP contribution in [-0.4, -0.2) is 30.6 Å². The normalized spacial score (nSPS) is 11.9. The Labute approximate surface area is 160 Å². The SMILES string of the molecule is C=CC(C)OCC(=O)c1nc(-c2ccc(Cl)c(OC)c2F)cc(N)c1Cl. The van der Waals surface area contributed by atoms with E-state index >= 15 is 0 Å². The van der Waals surface area contributed by atoms with E-state index in [9.17, 15) is 9.18 Å².